The number of rotatable bonds is 7. The van der Waals surface area contributed by atoms with Crippen LogP contribution in [-0.4, -0.2) is 18.0 Å². The zero-order valence-corrected chi connectivity index (χ0v) is 15.6. The number of benzene rings is 2. The maximum atomic E-state index is 12.4. The Hall–Kier alpha value is -2.34. The van der Waals surface area contributed by atoms with Crippen molar-refractivity contribution in [3.63, 3.8) is 0 Å². The van der Waals surface area contributed by atoms with Gasteiger partial charge in [0.05, 0.1) is 12.1 Å². The number of aliphatic carboxylic acids is 1. The standard InChI is InChI=1S/C19H20BrNO4/c1-12(2)25-16-8-6-13(7-9-16)17(11-18(22)23)21-19(24)14-4-3-5-15(20)10-14/h3-10,12,17H,11H2,1-2H3,(H,21,24)(H,22,23)/p-1/t17-/m1/s1. The molecule has 2 aromatic carbocycles. The number of hydrogen-bond acceptors (Lipinski definition) is 4. The predicted octanol–water partition coefficient (Wildman–Crippen LogP) is 2.85. The van der Waals surface area contributed by atoms with Crippen molar-refractivity contribution in [2.24, 2.45) is 0 Å². The number of nitrogens with one attached hydrogen (secondary N) is 1. The molecule has 5 nitrogen and oxygen atoms in total. The summed E-state index contributed by atoms with van der Waals surface area (Å²) in [5, 5.41) is 13.8. The highest BCUT2D eigenvalue weighted by molar-refractivity contribution is 9.10. The van der Waals surface area contributed by atoms with Crippen molar-refractivity contribution < 1.29 is 19.4 Å². The Morgan fingerprint density at radius 2 is 1.84 bits per heavy atom. The number of hydrogen-bond donors (Lipinski definition) is 1. The quantitative estimate of drug-likeness (QED) is 0.769. The van der Waals surface area contributed by atoms with Crippen LogP contribution in [0.25, 0.3) is 0 Å². The summed E-state index contributed by atoms with van der Waals surface area (Å²) < 4.78 is 6.34. The summed E-state index contributed by atoms with van der Waals surface area (Å²) in [6, 6.07) is 13.2. The molecule has 0 spiro atoms. The predicted molar refractivity (Wildman–Crippen MR) is 96.2 cm³/mol. The lowest BCUT2D eigenvalue weighted by atomic mass is 10.0. The van der Waals surface area contributed by atoms with Crippen LogP contribution in [0.4, 0.5) is 0 Å². The molecule has 0 aliphatic rings. The van der Waals surface area contributed by atoms with Crippen LogP contribution in [0.1, 0.15) is 42.2 Å². The third-order valence-electron chi connectivity index (χ3n) is 3.42. The third-order valence-corrected chi connectivity index (χ3v) is 3.91. The lowest BCUT2D eigenvalue weighted by Gasteiger charge is -2.20. The van der Waals surface area contributed by atoms with Crippen LogP contribution in [0.5, 0.6) is 5.75 Å². The molecule has 0 aliphatic heterocycles. The third kappa shape index (κ3) is 5.90. The van der Waals surface area contributed by atoms with Crippen molar-refractivity contribution >= 4 is 27.8 Å². The van der Waals surface area contributed by atoms with Gasteiger partial charge in [0.2, 0.25) is 0 Å². The van der Waals surface area contributed by atoms with E-state index in [-0.39, 0.29) is 18.4 Å². The Bertz CT molecular complexity index is 743. The molecule has 0 saturated heterocycles. The van der Waals surface area contributed by atoms with Gasteiger partial charge in [0.1, 0.15) is 5.75 Å². The Morgan fingerprint density at radius 1 is 1.16 bits per heavy atom. The molecule has 0 fully saturated rings. The molecular formula is C19H19BrNO4-. The van der Waals surface area contributed by atoms with Gasteiger partial charge in [-0.1, -0.05) is 34.1 Å². The van der Waals surface area contributed by atoms with Crippen molar-refractivity contribution in [3.8, 4) is 5.75 Å². The zero-order chi connectivity index (χ0) is 18.4. The van der Waals surface area contributed by atoms with Crippen LogP contribution in [0.3, 0.4) is 0 Å². The van der Waals surface area contributed by atoms with Gasteiger partial charge in [0.25, 0.3) is 5.91 Å². The number of carbonyl (C=O) groups excluding carboxylic acids is 2. The van der Waals surface area contributed by atoms with Gasteiger partial charge >= 0.3 is 0 Å². The number of halogens is 1. The highest BCUT2D eigenvalue weighted by Gasteiger charge is 2.16. The minimum atomic E-state index is -1.23. The Morgan fingerprint density at radius 3 is 2.40 bits per heavy atom. The van der Waals surface area contributed by atoms with Gasteiger partial charge in [-0.25, -0.2) is 0 Å². The first-order valence-corrected chi connectivity index (χ1v) is 8.67. The maximum Gasteiger partial charge on any atom is 0.251 e. The molecule has 0 unspecified atom stereocenters. The molecule has 0 aliphatic carbocycles. The Balaban J connectivity index is 2.18. The fourth-order valence-corrected chi connectivity index (χ4v) is 2.74. The molecule has 1 atom stereocenters. The summed E-state index contributed by atoms with van der Waals surface area (Å²) in [7, 11) is 0. The van der Waals surface area contributed by atoms with E-state index in [9.17, 15) is 14.7 Å². The summed E-state index contributed by atoms with van der Waals surface area (Å²) in [6.07, 6.45) is -0.273. The van der Waals surface area contributed by atoms with E-state index in [1.165, 1.54) is 0 Å². The molecule has 0 aromatic heterocycles. The van der Waals surface area contributed by atoms with Gasteiger partial charge in [-0.15, -0.1) is 0 Å². The van der Waals surface area contributed by atoms with Crippen LogP contribution >= 0.6 is 15.9 Å². The van der Waals surface area contributed by atoms with Crippen LogP contribution in [0.2, 0.25) is 0 Å². The number of carbonyl (C=O) groups is 2. The summed E-state index contributed by atoms with van der Waals surface area (Å²) in [5.74, 6) is -0.902. The molecule has 6 heteroatoms. The minimum absolute atomic E-state index is 0.0427. The maximum absolute atomic E-state index is 12.4. The molecule has 0 radical (unpaired) electrons. The van der Waals surface area contributed by atoms with E-state index < -0.39 is 12.0 Å². The normalized spacial score (nSPS) is 11.8. The molecule has 2 aromatic rings. The van der Waals surface area contributed by atoms with Gasteiger partial charge in [0.15, 0.2) is 0 Å². The molecule has 2 rings (SSSR count). The SMILES string of the molecule is CC(C)Oc1ccc([C@@H](CC(=O)[O-])NC(=O)c2cccc(Br)c2)cc1. The Kier molecular flexibility index (Phi) is 6.58. The molecule has 132 valence electrons. The largest absolute Gasteiger partial charge is 0.550 e. The molecular weight excluding hydrogens is 386 g/mol. The van der Waals surface area contributed by atoms with Crippen LogP contribution in [-0.2, 0) is 4.79 Å². The monoisotopic (exact) mass is 404 g/mol. The van der Waals surface area contributed by atoms with Crippen molar-refractivity contribution in [3.05, 3.63) is 64.1 Å². The van der Waals surface area contributed by atoms with Crippen LogP contribution in [0.15, 0.2) is 53.0 Å². The lowest BCUT2D eigenvalue weighted by molar-refractivity contribution is -0.306. The van der Waals surface area contributed by atoms with E-state index in [1.54, 1.807) is 42.5 Å². The fourth-order valence-electron chi connectivity index (χ4n) is 2.34. The highest BCUT2D eigenvalue weighted by Crippen LogP contribution is 2.22. The number of carboxylic acid groups (broad SMARTS) is 1. The summed E-state index contributed by atoms with van der Waals surface area (Å²) in [6.45, 7) is 3.84. The van der Waals surface area contributed by atoms with Gasteiger partial charge in [-0.05, 0) is 49.7 Å². The van der Waals surface area contributed by atoms with E-state index >= 15 is 0 Å². The van der Waals surface area contributed by atoms with E-state index in [0.717, 1.165) is 4.47 Å². The van der Waals surface area contributed by atoms with Gasteiger partial charge in [-0.3, -0.25) is 4.79 Å². The first-order valence-electron chi connectivity index (χ1n) is 7.88. The fraction of sp³-hybridized carbons (Fsp3) is 0.263. The topological polar surface area (TPSA) is 78.5 Å². The molecule has 0 bridgehead atoms. The van der Waals surface area contributed by atoms with Crippen LogP contribution < -0.4 is 15.2 Å². The van der Waals surface area contributed by atoms with Crippen molar-refractivity contribution in [1.82, 2.24) is 5.32 Å². The first kappa shape index (κ1) is 19.0. The van der Waals surface area contributed by atoms with Gasteiger partial charge in [-0.2, -0.15) is 0 Å². The summed E-state index contributed by atoms with van der Waals surface area (Å²) in [5.41, 5.74) is 1.11. The van der Waals surface area contributed by atoms with Crippen molar-refractivity contribution in [2.45, 2.75) is 32.4 Å². The van der Waals surface area contributed by atoms with Gasteiger partial charge in [0, 0.05) is 22.4 Å². The second-order valence-electron chi connectivity index (χ2n) is 5.85. The van der Waals surface area contributed by atoms with E-state index in [1.807, 2.05) is 19.9 Å². The molecule has 25 heavy (non-hydrogen) atoms. The highest BCUT2D eigenvalue weighted by atomic mass is 79.9. The van der Waals surface area contributed by atoms with E-state index in [0.29, 0.717) is 16.9 Å². The lowest BCUT2D eigenvalue weighted by Crippen LogP contribution is -2.34. The average Bonchev–Trinajstić information content (AvgIpc) is 2.54. The number of amides is 1. The van der Waals surface area contributed by atoms with E-state index in [2.05, 4.69) is 21.2 Å². The molecule has 1 N–H and O–H groups in total. The summed E-state index contributed by atoms with van der Waals surface area (Å²) in [4.78, 5) is 23.5. The second kappa shape index (κ2) is 8.67. The zero-order valence-electron chi connectivity index (χ0n) is 14.0. The second-order valence-corrected chi connectivity index (χ2v) is 6.76. The number of carboxylic acids is 1. The Labute approximate surface area is 155 Å². The minimum Gasteiger partial charge on any atom is -0.550 e. The van der Waals surface area contributed by atoms with Crippen LogP contribution in [0, 0.1) is 0 Å². The summed E-state index contributed by atoms with van der Waals surface area (Å²) >= 11 is 3.31. The van der Waals surface area contributed by atoms with Gasteiger partial charge < -0.3 is 20.0 Å². The molecule has 0 heterocycles. The average molecular weight is 405 g/mol. The molecule has 0 saturated carbocycles. The van der Waals surface area contributed by atoms with E-state index in [4.69, 9.17) is 4.74 Å². The van der Waals surface area contributed by atoms with Crippen molar-refractivity contribution in [1.29, 1.82) is 0 Å². The smallest absolute Gasteiger partial charge is 0.251 e. The van der Waals surface area contributed by atoms with Crippen molar-refractivity contribution in [2.75, 3.05) is 0 Å². The first-order chi connectivity index (χ1) is 11.8. The molecule has 1 amide bonds. The number of ether oxygens (including phenoxy) is 1.